The quantitative estimate of drug-likeness (QED) is 0.764. The Morgan fingerprint density at radius 2 is 1.63 bits per heavy atom. The molecule has 1 aromatic carbocycles. The number of piperazine rings is 1. The van der Waals surface area contributed by atoms with Gasteiger partial charge in [0.25, 0.3) is 0 Å². The van der Waals surface area contributed by atoms with Gasteiger partial charge >= 0.3 is 0 Å². The molecule has 7 heteroatoms. The maximum Gasteiger partial charge on any atom is 0.248 e. The van der Waals surface area contributed by atoms with E-state index < -0.39 is 0 Å². The molecule has 0 unspecified atom stereocenters. The maximum absolute atomic E-state index is 6.32. The summed E-state index contributed by atoms with van der Waals surface area (Å²) in [6.45, 7) is 5.36. The minimum absolute atomic E-state index is 0.385. The fraction of sp³-hybridized carbons (Fsp3) is 0.250. The summed E-state index contributed by atoms with van der Waals surface area (Å²) in [5.74, 6) is 2.80. The first kappa shape index (κ1) is 17.1. The van der Waals surface area contributed by atoms with E-state index in [4.69, 9.17) is 10.5 Å². The first-order valence-corrected chi connectivity index (χ1v) is 8.96. The van der Waals surface area contributed by atoms with Crippen molar-refractivity contribution in [2.45, 2.75) is 6.92 Å². The minimum Gasteiger partial charge on any atom is -0.437 e. The number of aryl methyl sites for hydroxylation is 1. The Hall–Kier alpha value is -3.35. The number of anilines is 3. The number of pyridine rings is 1. The van der Waals surface area contributed by atoms with Crippen molar-refractivity contribution in [3.8, 4) is 11.6 Å². The molecule has 1 aliphatic heterocycles. The molecular weight excluding hydrogens is 340 g/mol. The highest BCUT2D eigenvalue weighted by Crippen LogP contribution is 2.32. The van der Waals surface area contributed by atoms with Crippen LogP contribution in [0.1, 0.15) is 5.56 Å². The molecule has 0 saturated carbocycles. The number of rotatable bonds is 4. The topological polar surface area (TPSA) is 80.4 Å². The van der Waals surface area contributed by atoms with Crippen molar-refractivity contribution < 1.29 is 4.74 Å². The van der Waals surface area contributed by atoms with Gasteiger partial charge in [0.2, 0.25) is 5.88 Å². The average molecular weight is 362 g/mol. The van der Waals surface area contributed by atoms with Crippen LogP contribution in [0, 0.1) is 6.92 Å². The number of hydrogen-bond acceptors (Lipinski definition) is 7. The van der Waals surface area contributed by atoms with E-state index in [1.807, 2.05) is 55.6 Å². The van der Waals surface area contributed by atoms with E-state index >= 15 is 0 Å². The highest BCUT2D eigenvalue weighted by atomic mass is 16.5. The molecule has 4 rings (SSSR count). The lowest BCUT2D eigenvalue weighted by Gasteiger charge is -2.36. The largest absolute Gasteiger partial charge is 0.437 e. The van der Waals surface area contributed by atoms with Crippen LogP contribution < -0.4 is 20.3 Å². The second-order valence-electron chi connectivity index (χ2n) is 6.49. The maximum atomic E-state index is 6.32. The molecule has 0 aliphatic carbocycles. The standard InChI is InChI=1S/C20H22N6O/c1-15-5-7-16(8-6-15)27-20-18(21)19(23-14-24-20)26-12-10-25(11-13-26)17-4-2-3-9-22-17/h2-9,14H,10-13,21H2,1H3. The summed E-state index contributed by atoms with van der Waals surface area (Å²) < 4.78 is 5.86. The average Bonchev–Trinajstić information content (AvgIpc) is 2.72. The third-order valence-corrected chi connectivity index (χ3v) is 4.61. The molecule has 7 nitrogen and oxygen atoms in total. The summed E-state index contributed by atoms with van der Waals surface area (Å²) in [5, 5.41) is 0. The SMILES string of the molecule is Cc1ccc(Oc2ncnc(N3CCN(c4ccccn4)CC3)c2N)cc1. The van der Waals surface area contributed by atoms with E-state index in [0.717, 1.165) is 32.0 Å². The lowest BCUT2D eigenvalue weighted by molar-refractivity contribution is 0.463. The molecule has 1 saturated heterocycles. The molecular formula is C20H22N6O. The van der Waals surface area contributed by atoms with Crippen molar-refractivity contribution in [1.29, 1.82) is 0 Å². The van der Waals surface area contributed by atoms with Gasteiger partial charge in [-0.25, -0.2) is 9.97 Å². The van der Waals surface area contributed by atoms with Gasteiger partial charge in [-0.15, -0.1) is 0 Å². The van der Waals surface area contributed by atoms with Crippen LogP contribution in [-0.4, -0.2) is 41.1 Å². The third-order valence-electron chi connectivity index (χ3n) is 4.61. The van der Waals surface area contributed by atoms with Crippen LogP contribution in [0.5, 0.6) is 11.6 Å². The highest BCUT2D eigenvalue weighted by Gasteiger charge is 2.22. The summed E-state index contributed by atoms with van der Waals surface area (Å²) in [7, 11) is 0. The smallest absolute Gasteiger partial charge is 0.248 e. The van der Waals surface area contributed by atoms with Crippen molar-refractivity contribution >= 4 is 17.3 Å². The van der Waals surface area contributed by atoms with Crippen LogP contribution in [0.4, 0.5) is 17.3 Å². The van der Waals surface area contributed by atoms with Gasteiger partial charge in [-0.3, -0.25) is 0 Å². The summed E-state index contributed by atoms with van der Waals surface area (Å²) >= 11 is 0. The highest BCUT2D eigenvalue weighted by molar-refractivity contribution is 5.68. The Balaban J connectivity index is 1.47. The molecule has 1 fully saturated rings. The second-order valence-corrected chi connectivity index (χ2v) is 6.49. The number of nitrogen functional groups attached to an aromatic ring is 1. The van der Waals surface area contributed by atoms with E-state index in [1.54, 1.807) is 0 Å². The van der Waals surface area contributed by atoms with Gasteiger partial charge in [0.15, 0.2) is 5.82 Å². The summed E-state index contributed by atoms with van der Waals surface area (Å²) in [6.07, 6.45) is 3.32. The van der Waals surface area contributed by atoms with Crippen LogP contribution in [0.15, 0.2) is 55.0 Å². The van der Waals surface area contributed by atoms with E-state index in [-0.39, 0.29) is 0 Å². The predicted octanol–water partition coefficient (Wildman–Crippen LogP) is 2.88. The molecule has 0 spiro atoms. The van der Waals surface area contributed by atoms with Crippen LogP contribution >= 0.6 is 0 Å². The Morgan fingerprint density at radius 1 is 0.889 bits per heavy atom. The zero-order chi connectivity index (χ0) is 18.6. The number of hydrogen-bond donors (Lipinski definition) is 1. The van der Waals surface area contributed by atoms with E-state index in [1.165, 1.54) is 11.9 Å². The zero-order valence-corrected chi connectivity index (χ0v) is 15.2. The van der Waals surface area contributed by atoms with Gasteiger partial charge in [-0.05, 0) is 31.2 Å². The summed E-state index contributed by atoms with van der Waals surface area (Å²) in [6, 6.07) is 13.8. The number of aromatic nitrogens is 3. The van der Waals surface area contributed by atoms with Crippen LogP contribution in [0.2, 0.25) is 0 Å². The molecule has 1 aliphatic rings. The molecule has 0 radical (unpaired) electrons. The van der Waals surface area contributed by atoms with E-state index in [2.05, 4.69) is 24.8 Å². The number of benzene rings is 1. The normalized spacial score (nSPS) is 14.3. The summed E-state index contributed by atoms with van der Waals surface area (Å²) in [4.78, 5) is 17.4. The number of ether oxygens (including phenoxy) is 1. The fourth-order valence-corrected chi connectivity index (χ4v) is 3.11. The molecule has 2 N–H and O–H groups in total. The van der Waals surface area contributed by atoms with E-state index in [0.29, 0.717) is 23.1 Å². The van der Waals surface area contributed by atoms with Crippen LogP contribution in [0.25, 0.3) is 0 Å². The van der Waals surface area contributed by atoms with Gasteiger partial charge in [0, 0.05) is 32.4 Å². The number of nitrogens with two attached hydrogens (primary N) is 1. The molecule has 3 aromatic rings. The lowest BCUT2D eigenvalue weighted by Crippen LogP contribution is -2.47. The monoisotopic (exact) mass is 362 g/mol. The third kappa shape index (κ3) is 3.76. The molecule has 27 heavy (non-hydrogen) atoms. The van der Waals surface area contributed by atoms with Crippen molar-refractivity contribution in [2.75, 3.05) is 41.7 Å². The lowest BCUT2D eigenvalue weighted by atomic mass is 10.2. The first-order valence-electron chi connectivity index (χ1n) is 8.96. The predicted molar refractivity (Wildman–Crippen MR) is 106 cm³/mol. The fourth-order valence-electron chi connectivity index (χ4n) is 3.11. The Bertz CT molecular complexity index is 892. The van der Waals surface area contributed by atoms with Crippen molar-refractivity contribution in [3.63, 3.8) is 0 Å². The van der Waals surface area contributed by atoms with Crippen molar-refractivity contribution in [2.24, 2.45) is 0 Å². The Morgan fingerprint density at radius 3 is 2.33 bits per heavy atom. The first-order chi connectivity index (χ1) is 13.2. The molecule has 138 valence electrons. The van der Waals surface area contributed by atoms with E-state index in [9.17, 15) is 0 Å². The van der Waals surface area contributed by atoms with Gasteiger partial charge in [0.05, 0.1) is 0 Å². The Kier molecular flexibility index (Phi) is 4.74. The van der Waals surface area contributed by atoms with Gasteiger partial charge in [-0.2, -0.15) is 4.98 Å². The van der Waals surface area contributed by atoms with Crippen molar-refractivity contribution in [3.05, 3.63) is 60.6 Å². The molecule has 0 amide bonds. The van der Waals surface area contributed by atoms with Crippen LogP contribution in [0.3, 0.4) is 0 Å². The zero-order valence-electron chi connectivity index (χ0n) is 15.2. The van der Waals surface area contributed by atoms with Crippen molar-refractivity contribution in [1.82, 2.24) is 15.0 Å². The second kappa shape index (κ2) is 7.49. The molecule has 0 atom stereocenters. The molecule has 2 aromatic heterocycles. The molecule has 3 heterocycles. The Labute approximate surface area is 158 Å². The molecule has 0 bridgehead atoms. The van der Waals surface area contributed by atoms with Gasteiger partial charge in [0.1, 0.15) is 23.6 Å². The van der Waals surface area contributed by atoms with Gasteiger partial charge < -0.3 is 20.3 Å². The van der Waals surface area contributed by atoms with Gasteiger partial charge in [-0.1, -0.05) is 23.8 Å². The minimum atomic E-state index is 0.385. The summed E-state index contributed by atoms with van der Waals surface area (Å²) in [5.41, 5.74) is 7.95. The van der Waals surface area contributed by atoms with Crippen LogP contribution in [-0.2, 0) is 0 Å². The number of nitrogens with zero attached hydrogens (tertiary/aromatic N) is 5.